The lowest BCUT2D eigenvalue weighted by Crippen LogP contribution is -2.35. The van der Waals surface area contributed by atoms with Crippen molar-refractivity contribution in [2.75, 3.05) is 20.3 Å². The molecule has 0 saturated carbocycles. The lowest BCUT2D eigenvalue weighted by molar-refractivity contribution is -0.174. The van der Waals surface area contributed by atoms with E-state index >= 15 is 0 Å². The average Bonchev–Trinajstić information content (AvgIpc) is 2.56. The van der Waals surface area contributed by atoms with Gasteiger partial charge in [-0.2, -0.15) is 0 Å². The van der Waals surface area contributed by atoms with Gasteiger partial charge in [-0.05, 0) is 26.2 Å². The molecule has 0 aliphatic carbocycles. The maximum atomic E-state index is 11.3. The fraction of sp³-hybridized carbons (Fsp3) is 0.909. The highest BCUT2D eigenvalue weighted by molar-refractivity contribution is 5.70. The van der Waals surface area contributed by atoms with E-state index in [0.717, 1.165) is 25.9 Å². The molecule has 2 rings (SSSR count). The van der Waals surface area contributed by atoms with E-state index in [1.54, 1.807) is 11.9 Å². The molecule has 1 unspecified atom stereocenters. The van der Waals surface area contributed by atoms with Crippen LogP contribution < -0.4 is 0 Å². The van der Waals surface area contributed by atoms with E-state index < -0.39 is 0 Å². The van der Waals surface area contributed by atoms with Crippen LogP contribution in [0.25, 0.3) is 0 Å². The molecule has 0 aromatic carbocycles. The molecule has 0 spiro atoms. The maximum absolute atomic E-state index is 11.3. The molecule has 0 bridgehead atoms. The Morgan fingerprint density at radius 1 is 1.50 bits per heavy atom. The summed E-state index contributed by atoms with van der Waals surface area (Å²) in [5, 5.41) is 0. The largest absolute Gasteiger partial charge is 0.441 e. The van der Waals surface area contributed by atoms with Crippen LogP contribution in [0.4, 0.5) is 4.79 Å². The zero-order valence-electron chi connectivity index (χ0n) is 9.85. The Morgan fingerprint density at radius 3 is 2.88 bits per heavy atom. The van der Waals surface area contributed by atoms with Crippen molar-refractivity contribution in [2.45, 2.75) is 44.6 Å². The third kappa shape index (κ3) is 2.47. The van der Waals surface area contributed by atoms with Gasteiger partial charge in [-0.3, -0.25) is 0 Å². The molecular formula is C11H19NO4. The molecule has 5 heteroatoms. The first kappa shape index (κ1) is 11.7. The second kappa shape index (κ2) is 5.01. The molecule has 2 fully saturated rings. The SMILES string of the molecule is C[C@H]1[C@H](COC2CCCCO2)OC(=O)N1C. The molecule has 2 aliphatic rings. The summed E-state index contributed by atoms with van der Waals surface area (Å²) in [6.45, 7) is 3.15. The predicted molar refractivity (Wildman–Crippen MR) is 57.0 cm³/mol. The van der Waals surface area contributed by atoms with Crippen LogP contribution in [0.3, 0.4) is 0 Å². The van der Waals surface area contributed by atoms with E-state index in [2.05, 4.69) is 0 Å². The number of carbonyl (C=O) groups is 1. The fourth-order valence-corrected chi connectivity index (χ4v) is 1.94. The van der Waals surface area contributed by atoms with Crippen LogP contribution in [0.15, 0.2) is 0 Å². The third-order valence-corrected chi connectivity index (χ3v) is 3.27. The highest BCUT2D eigenvalue weighted by atomic mass is 16.7. The van der Waals surface area contributed by atoms with Gasteiger partial charge < -0.3 is 19.1 Å². The zero-order chi connectivity index (χ0) is 11.5. The Bertz CT molecular complexity index is 252. The van der Waals surface area contributed by atoms with Gasteiger partial charge in [0.25, 0.3) is 0 Å². The molecule has 0 N–H and O–H groups in total. The van der Waals surface area contributed by atoms with Gasteiger partial charge in [-0.25, -0.2) is 4.79 Å². The highest BCUT2D eigenvalue weighted by Gasteiger charge is 2.36. The molecular weight excluding hydrogens is 210 g/mol. The molecule has 3 atom stereocenters. The second-order valence-electron chi connectivity index (χ2n) is 4.40. The number of carbonyl (C=O) groups excluding carboxylic acids is 1. The summed E-state index contributed by atoms with van der Waals surface area (Å²) in [5.41, 5.74) is 0. The first-order valence-electron chi connectivity index (χ1n) is 5.85. The van der Waals surface area contributed by atoms with Crippen molar-refractivity contribution in [1.29, 1.82) is 0 Å². The van der Waals surface area contributed by atoms with Crippen LogP contribution in [0, 0.1) is 0 Å². The van der Waals surface area contributed by atoms with Gasteiger partial charge in [0.1, 0.15) is 6.10 Å². The zero-order valence-corrected chi connectivity index (χ0v) is 9.85. The van der Waals surface area contributed by atoms with Gasteiger partial charge in [0.15, 0.2) is 6.29 Å². The van der Waals surface area contributed by atoms with E-state index in [1.165, 1.54) is 0 Å². The summed E-state index contributed by atoms with van der Waals surface area (Å²) in [6.07, 6.45) is 2.62. The highest BCUT2D eigenvalue weighted by Crippen LogP contribution is 2.20. The van der Waals surface area contributed by atoms with E-state index in [4.69, 9.17) is 14.2 Å². The van der Waals surface area contributed by atoms with Gasteiger partial charge in [-0.15, -0.1) is 0 Å². The number of hydrogen-bond donors (Lipinski definition) is 0. The minimum Gasteiger partial charge on any atom is -0.441 e. The Balaban J connectivity index is 1.75. The fourth-order valence-electron chi connectivity index (χ4n) is 1.94. The van der Waals surface area contributed by atoms with Gasteiger partial charge >= 0.3 is 6.09 Å². The smallest absolute Gasteiger partial charge is 0.410 e. The average molecular weight is 229 g/mol. The number of cyclic esters (lactones) is 1. The van der Waals surface area contributed by atoms with E-state index in [0.29, 0.717) is 6.61 Å². The summed E-state index contributed by atoms with van der Waals surface area (Å²) in [4.78, 5) is 12.9. The van der Waals surface area contributed by atoms with Gasteiger partial charge in [-0.1, -0.05) is 0 Å². The van der Waals surface area contributed by atoms with Gasteiger partial charge in [0, 0.05) is 13.7 Å². The maximum Gasteiger partial charge on any atom is 0.410 e. The Labute approximate surface area is 95.6 Å². The van der Waals surface area contributed by atoms with Crippen LogP contribution in [-0.2, 0) is 14.2 Å². The van der Waals surface area contributed by atoms with Crippen molar-refractivity contribution < 1.29 is 19.0 Å². The number of rotatable bonds is 3. The first-order chi connectivity index (χ1) is 7.68. The van der Waals surface area contributed by atoms with Gasteiger partial charge in [0.05, 0.1) is 12.6 Å². The molecule has 2 heterocycles. The predicted octanol–water partition coefficient (Wildman–Crippen LogP) is 1.37. The van der Waals surface area contributed by atoms with E-state index in [9.17, 15) is 4.79 Å². The van der Waals surface area contributed by atoms with Crippen LogP contribution in [0.1, 0.15) is 26.2 Å². The first-order valence-corrected chi connectivity index (χ1v) is 5.85. The van der Waals surface area contributed by atoms with Crippen LogP contribution in [0.2, 0.25) is 0 Å². The van der Waals surface area contributed by atoms with Crippen molar-refractivity contribution in [3.05, 3.63) is 0 Å². The molecule has 1 amide bonds. The van der Waals surface area contributed by atoms with Crippen LogP contribution >= 0.6 is 0 Å². The van der Waals surface area contributed by atoms with Crippen LogP contribution in [-0.4, -0.2) is 49.7 Å². The minimum absolute atomic E-state index is 0.0658. The van der Waals surface area contributed by atoms with Crippen molar-refractivity contribution >= 4 is 6.09 Å². The van der Waals surface area contributed by atoms with E-state index in [1.807, 2.05) is 6.92 Å². The van der Waals surface area contributed by atoms with Crippen molar-refractivity contribution in [3.63, 3.8) is 0 Å². The second-order valence-corrected chi connectivity index (χ2v) is 4.40. The monoisotopic (exact) mass is 229 g/mol. The number of nitrogens with zero attached hydrogens (tertiary/aromatic N) is 1. The number of ether oxygens (including phenoxy) is 3. The summed E-state index contributed by atoms with van der Waals surface area (Å²) in [6, 6.07) is 0.0658. The lowest BCUT2D eigenvalue weighted by atomic mass is 10.2. The van der Waals surface area contributed by atoms with Crippen molar-refractivity contribution in [1.82, 2.24) is 4.90 Å². The number of likely N-dealkylation sites (N-methyl/N-ethyl adjacent to an activating group) is 1. The third-order valence-electron chi connectivity index (χ3n) is 3.27. The molecule has 0 aromatic heterocycles. The lowest BCUT2D eigenvalue weighted by Gasteiger charge is -2.24. The van der Waals surface area contributed by atoms with Crippen molar-refractivity contribution in [3.8, 4) is 0 Å². The normalized spacial score (nSPS) is 35.2. The topological polar surface area (TPSA) is 48.0 Å². The molecule has 0 aromatic rings. The van der Waals surface area contributed by atoms with Gasteiger partial charge in [0.2, 0.25) is 0 Å². The Hall–Kier alpha value is -0.810. The summed E-state index contributed by atoms with van der Waals surface area (Å²) in [7, 11) is 1.74. The Kier molecular flexibility index (Phi) is 3.66. The summed E-state index contributed by atoms with van der Waals surface area (Å²) >= 11 is 0. The molecule has 5 nitrogen and oxygen atoms in total. The van der Waals surface area contributed by atoms with E-state index in [-0.39, 0.29) is 24.5 Å². The molecule has 2 saturated heterocycles. The molecule has 2 aliphatic heterocycles. The molecule has 92 valence electrons. The minimum atomic E-state index is -0.273. The summed E-state index contributed by atoms with van der Waals surface area (Å²) < 4.78 is 16.2. The Morgan fingerprint density at radius 2 is 2.31 bits per heavy atom. The summed E-state index contributed by atoms with van der Waals surface area (Å²) in [5.74, 6) is 0. The molecule has 16 heavy (non-hydrogen) atoms. The van der Waals surface area contributed by atoms with Crippen molar-refractivity contribution in [2.24, 2.45) is 0 Å². The standard InChI is InChI=1S/C11H19NO4/c1-8-9(16-11(13)12(8)2)7-15-10-5-3-4-6-14-10/h8-10H,3-7H2,1-2H3/t8-,9-,10?/m0/s1. The molecule has 0 radical (unpaired) electrons. The van der Waals surface area contributed by atoms with Crippen LogP contribution in [0.5, 0.6) is 0 Å². The number of amides is 1. The number of hydrogen-bond acceptors (Lipinski definition) is 4. The quantitative estimate of drug-likeness (QED) is 0.733.